The second kappa shape index (κ2) is 9.03. The molecule has 1 unspecified atom stereocenters. The first-order chi connectivity index (χ1) is 8.74. The van der Waals surface area contributed by atoms with E-state index in [2.05, 4.69) is 5.32 Å². The first-order valence-electron chi connectivity index (χ1n) is 6.29. The van der Waals surface area contributed by atoms with Crippen molar-refractivity contribution < 1.29 is 13.9 Å². The zero-order valence-corrected chi connectivity index (χ0v) is 11.1. The summed E-state index contributed by atoms with van der Waals surface area (Å²) < 4.78 is 23.3. The molecule has 0 aromatic heterocycles. The van der Waals surface area contributed by atoms with Crippen LogP contribution in [0.25, 0.3) is 0 Å². The van der Waals surface area contributed by atoms with Crippen molar-refractivity contribution in [1.82, 2.24) is 5.32 Å². The Balaban J connectivity index is 2.12. The van der Waals surface area contributed by atoms with Gasteiger partial charge in [0.1, 0.15) is 5.82 Å². The fraction of sp³-hybridized carbons (Fsp3) is 0.571. The van der Waals surface area contributed by atoms with E-state index >= 15 is 0 Å². The normalized spacial score (nSPS) is 12.6. The van der Waals surface area contributed by atoms with Gasteiger partial charge in [-0.1, -0.05) is 12.1 Å². The van der Waals surface area contributed by atoms with Crippen LogP contribution in [0.1, 0.15) is 24.9 Å². The third-order valence-corrected chi connectivity index (χ3v) is 2.70. The van der Waals surface area contributed by atoms with Gasteiger partial charge in [-0.15, -0.1) is 0 Å². The molecule has 102 valence electrons. The summed E-state index contributed by atoms with van der Waals surface area (Å²) in [5.74, 6) is -0.191. The van der Waals surface area contributed by atoms with E-state index in [0.717, 1.165) is 18.5 Å². The van der Waals surface area contributed by atoms with Crippen LogP contribution in [-0.4, -0.2) is 33.5 Å². The van der Waals surface area contributed by atoms with Crippen LogP contribution in [0.2, 0.25) is 0 Å². The molecule has 0 radical (unpaired) electrons. The summed E-state index contributed by atoms with van der Waals surface area (Å²) in [7, 11) is 1.66. The Morgan fingerprint density at radius 2 is 2.11 bits per heavy atom. The lowest BCUT2D eigenvalue weighted by Crippen LogP contribution is -2.21. The van der Waals surface area contributed by atoms with Crippen molar-refractivity contribution in [1.29, 1.82) is 0 Å². The van der Waals surface area contributed by atoms with Crippen molar-refractivity contribution in [3.63, 3.8) is 0 Å². The van der Waals surface area contributed by atoms with Crippen LogP contribution in [0.5, 0.6) is 0 Å². The van der Waals surface area contributed by atoms with Gasteiger partial charge in [0.05, 0.1) is 13.2 Å². The predicted octanol–water partition coefficient (Wildman–Crippen LogP) is 2.53. The van der Waals surface area contributed by atoms with E-state index in [-0.39, 0.29) is 11.9 Å². The number of nitrogens with one attached hydrogen (secondary N) is 1. The van der Waals surface area contributed by atoms with Gasteiger partial charge >= 0.3 is 0 Å². The molecular formula is C14H22FNO2. The molecule has 0 amide bonds. The van der Waals surface area contributed by atoms with Gasteiger partial charge in [-0.05, 0) is 37.6 Å². The highest BCUT2D eigenvalue weighted by atomic mass is 19.1. The lowest BCUT2D eigenvalue weighted by atomic mass is 10.1. The Labute approximate surface area is 108 Å². The number of ether oxygens (including phenoxy) is 2. The van der Waals surface area contributed by atoms with E-state index in [0.29, 0.717) is 19.8 Å². The average molecular weight is 255 g/mol. The maximum absolute atomic E-state index is 13.0. The number of benzene rings is 1. The van der Waals surface area contributed by atoms with E-state index in [9.17, 15) is 4.39 Å². The van der Waals surface area contributed by atoms with Crippen molar-refractivity contribution in [3.05, 3.63) is 35.6 Å². The lowest BCUT2D eigenvalue weighted by molar-refractivity contribution is 0.0693. The molecule has 18 heavy (non-hydrogen) atoms. The first-order valence-corrected chi connectivity index (χ1v) is 6.29. The Morgan fingerprint density at radius 1 is 1.28 bits per heavy atom. The van der Waals surface area contributed by atoms with E-state index < -0.39 is 0 Å². The minimum absolute atomic E-state index is 0.152. The third kappa shape index (κ3) is 6.10. The zero-order valence-electron chi connectivity index (χ0n) is 11.1. The van der Waals surface area contributed by atoms with Gasteiger partial charge in [-0.2, -0.15) is 0 Å². The average Bonchev–Trinajstić information content (AvgIpc) is 2.37. The van der Waals surface area contributed by atoms with Gasteiger partial charge in [-0.3, -0.25) is 0 Å². The largest absolute Gasteiger partial charge is 0.382 e. The Kier molecular flexibility index (Phi) is 7.57. The molecule has 0 aliphatic rings. The third-order valence-electron chi connectivity index (χ3n) is 2.70. The van der Waals surface area contributed by atoms with Crippen LogP contribution in [0.4, 0.5) is 4.39 Å². The summed E-state index contributed by atoms with van der Waals surface area (Å²) in [6.07, 6.45) is 0.934. The number of hydrogen-bond acceptors (Lipinski definition) is 3. The Morgan fingerprint density at radius 3 is 2.83 bits per heavy atom. The molecular weight excluding hydrogens is 233 g/mol. The minimum atomic E-state index is -0.191. The molecule has 1 aromatic rings. The van der Waals surface area contributed by atoms with Gasteiger partial charge in [0.25, 0.3) is 0 Å². The summed E-state index contributed by atoms with van der Waals surface area (Å²) in [6.45, 7) is 4.86. The molecule has 0 bridgehead atoms. The van der Waals surface area contributed by atoms with Crippen molar-refractivity contribution in [2.75, 3.05) is 33.5 Å². The van der Waals surface area contributed by atoms with E-state index in [1.807, 2.05) is 13.0 Å². The maximum Gasteiger partial charge on any atom is 0.123 e. The summed E-state index contributed by atoms with van der Waals surface area (Å²) in [6, 6.07) is 6.83. The molecule has 0 saturated carbocycles. The molecule has 0 saturated heterocycles. The number of methoxy groups -OCH3 is 1. The van der Waals surface area contributed by atoms with Crippen molar-refractivity contribution in [3.8, 4) is 0 Å². The quantitative estimate of drug-likeness (QED) is 0.688. The first kappa shape index (κ1) is 15.1. The van der Waals surface area contributed by atoms with Crippen LogP contribution < -0.4 is 5.32 Å². The predicted molar refractivity (Wildman–Crippen MR) is 70.1 cm³/mol. The Bertz CT molecular complexity index is 333. The van der Waals surface area contributed by atoms with Crippen LogP contribution in [-0.2, 0) is 9.47 Å². The van der Waals surface area contributed by atoms with Gasteiger partial charge in [0, 0.05) is 19.8 Å². The van der Waals surface area contributed by atoms with Crippen molar-refractivity contribution >= 4 is 0 Å². The summed E-state index contributed by atoms with van der Waals surface area (Å²) in [5.41, 5.74) is 0.968. The highest BCUT2D eigenvalue weighted by molar-refractivity contribution is 5.19. The van der Waals surface area contributed by atoms with Gasteiger partial charge in [0.15, 0.2) is 0 Å². The monoisotopic (exact) mass is 255 g/mol. The molecule has 1 N–H and O–H groups in total. The topological polar surface area (TPSA) is 30.5 Å². The minimum Gasteiger partial charge on any atom is -0.382 e. The summed E-state index contributed by atoms with van der Waals surface area (Å²) in [5, 5.41) is 3.34. The second-order valence-electron chi connectivity index (χ2n) is 4.19. The molecule has 1 atom stereocenters. The summed E-state index contributed by atoms with van der Waals surface area (Å²) >= 11 is 0. The fourth-order valence-electron chi connectivity index (χ4n) is 1.63. The van der Waals surface area contributed by atoms with Crippen LogP contribution in [0, 0.1) is 5.82 Å². The summed E-state index contributed by atoms with van der Waals surface area (Å²) in [4.78, 5) is 0. The van der Waals surface area contributed by atoms with E-state index in [1.165, 1.54) is 6.07 Å². The number of hydrogen-bond donors (Lipinski definition) is 1. The molecule has 0 aliphatic carbocycles. The van der Waals surface area contributed by atoms with E-state index in [4.69, 9.17) is 9.47 Å². The number of rotatable bonds is 9. The van der Waals surface area contributed by atoms with E-state index in [1.54, 1.807) is 19.2 Å². The Hall–Kier alpha value is -0.970. The molecule has 4 heteroatoms. The van der Waals surface area contributed by atoms with Crippen molar-refractivity contribution in [2.45, 2.75) is 19.4 Å². The maximum atomic E-state index is 13.0. The highest BCUT2D eigenvalue weighted by Gasteiger charge is 2.04. The number of halogens is 1. The second-order valence-corrected chi connectivity index (χ2v) is 4.19. The van der Waals surface area contributed by atoms with Crippen LogP contribution in [0.3, 0.4) is 0 Å². The highest BCUT2D eigenvalue weighted by Crippen LogP contribution is 2.12. The lowest BCUT2D eigenvalue weighted by Gasteiger charge is -2.14. The van der Waals surface area contributed by atoms with Crippen LogP contribution >= 0.6 is 0 Å². The van der Waals surface area contributed by atoms with Gasteiger partial charge in [0.2, 0.25) is 0 Å². The van der Waals surface area contributed by atoms with Gasteiger partial charge in [-0.25, -0.2) is 4.39 Å². The molecule has 0 fully saturated rings. The standard InChI is InChI=1S/C14H22FNO2/c1-12(13-5-3-6-14(15)11-13)16-7-4-8-18-10-9-17-2/h3,5-6,11-12,16H,4,7-10H2,1-2H3. The molecule has 0 heterocycles. The van der Waals surface area contributed by atoms with Crippen LogP contribution in [0.15, 0.2) is 24.3 Å². The molecule has 0 spiro atoms. The molecule has 1 aromatic carbocycles. The molecule has 1 rings (SSSR count). The zero-order chi connectivity index (χ0) is 13.2. The smallest absolute Gasteiger partial charge is 0.123 e. The van der Waals surface area contributed by atoms with Crippen molar-refractivity contribution in [2.24, 2.45) is 0 Å². The fourth-order valence-corrected chi connectivity index (χ4v) is 1.63. The molecule has 3 nitrogen and oxygen atoms in total. The molecule has 0 aliphatic heterocycles. The SMILES string of the molecule is COCCOCCCNC(C)c1cccc(F)c1. The van der Waals surface area contributed by atoms with Gasteiger partial charge < -0.3 is 14.8 Å².